The van der Waals surface area contributed by atoms with Crippen LogP contribution in [0.25, 0.3) is 5.78 Å². The van der Waals surface area contributed by atoms with Crippen molar-refractivity contribution in [3.8, 4) is 11.5 Å². The maximum absolute atomic E-state index is 12.3. The van der Waals surface area contributed by atoms with Gasteiger partial charge in [0.1, 0.15) is 13.2 Å². The summed E-state index contributed by atoms with van der Waals surface area (Å²) in [6.07, 6.45) is 0. The van der Waals surface area contributed by atoms with E-state index in [2.05, 4.69) is 20.4 Å². The van der Waals surface area contributed by atoms with E-state index in [4.69, 9.17) is 9.47 Å². The van der Waals surface area contributed by atoms with Crippen LogP contribution < -0.4 is 14.8 Å². The van der Waals surface area contributed by atoms with Crippen LogP contribution in [0.3, 0.4) is 0 Å². The molecule has 8 heteroatoms. The number of aromatic nitrogens is 4. The van der Waals surface area contributed by atoms with Crippen molar-refractivity contribution < 1.29 is 14.3 Å². The number of ether oxygens (including phenoxy) is 2. The van der Waals surface area contributed by atoms with Gasteiger partial charge in [0, 0.05) is 17.9 Å². The fourth-order valence-corrected chi connectivity index (χ4v) is 2.72. The summed E-state index contributed by atoms with van der Waals surface area (Å²) in [5.41, 5.74) is 2.62. The lowest BCUT2D eigenvalue weighted by molar-refractivity contribution is 0.0940. The molecule has 0 saturated carbocycles. The van der Waals surface area contributed by atoms with Crippen LogP contribution in [0.2, 0.25) is 0 Å². The van der Waals surface area contributed by atoms with Gasteiger partial charge < -0.3 is 14.8 Å². The first-order chi connectivity index (χ1) is 12.1. The Balaban J connectivity index is 1.50. The van der Waals surface area contributed by atoms with Crippen LogP contribution in [0, 0.1) is 13.8 Å². The molecule has 0 atom stereocenters. The Kier molecular flexibility index (Phi) is 3.72. The lowest BCUT2D eigenvalue weighted by Crippen LogP contribution is -2.24. The highest BCUT2D eigenvalue weighted by atomic mass is 16.6. The van der Waals surface area contributed by atoms with Crippen LogP contribution >= 0.6 is 0 Å². The molecule has 0 aliphatic carbocycles. The van der Waals surface area contributed by atoms with E-state index < -0.39 is 0 Å². The van der Waals surface area contributed by atoms with Crippen molar-refractivity contribution in [1.29, 1.82) is 0 Å². The Morgan fingerprint density at radius 1 is 1.16 bits per heavy atom. The second kappa shape index (κ2) is 6.04. The maximum Gasteiger partial charge on any atom is 0.291 e. The molecule has 4 rings (SSSR count). The van der Waals surface area contributed by atoms with E-state index in [1.54, 1.807) is 4.52 Å². The average Bonchev–Trinajstić information content (AvgIpc) is 3.04. The van der Waals surface area contributed by atoms with Crippen LogP contribution in [0.4, 0.5) is 0 Å². The number of hydrogen-bond acceptors (Lipinski definition) is 6. The van der Waals surface area contributed by atoms with Crippen LogP contribution in [0.1, 0.15) is 27.6 Å². The summed E-state index contributed by atoms with van der Waals surface area (Å²) in [5.74, 6) is 1.58. The Bertz CT molecular complexity index is 966. The number of nitrogens with zero attached hydrogens (tertiary/aromatic N) is 4. The van der Waals surface area contributed by atoms with Crippen molar-refractivity contribution >= 4 is 11.7 Å². The van der Waals surface area contributed by atoms with Gasteiger partial charge in [0.25, 0.3) is 11.7 Å². The zero-order valence-electron chi connectivity index (χ0n) is 13.9. The number of aryl methyl sites for hydroxylation is 2. The molecule has 8 nitrogen and oxygen atoms in total. The maximum atomic E-state index is 12.3. The lowest BCUT2D eigenvalue weighted by atomic mass is 10.2. The molecule has 0 unspecified atom stereocenters. The predicted molar refractivity (Wildman–Crippen MR) is 88.9 cm³/mol. The monoisotopic (exact) mass is 339 g/mol. The van der Waals surface area contributed by atoms with Crippen molar-refractivity contribution in [2.45, 2.75) is 20.4 Å². The fourth-order valence-electron chi connectivity index (χ4n) is 2.72. The van der Waals surface area contributed by atoms with Crippen molar-refractivity contribution in [2.24, 2.45) is 0 Å². The zero-order chi connectivity index (χ0) is 17.4. The minimum absolute atomic E-state index is 0.0961. The molecule has 2 aromatic heterocycles. The van der Waals surface area contributed by atoms with Crippen molar-refractivity contribution in [3.05, 3.63) is 47.0 Å². The second-order valence-corrected chi connectivity index (χ2v) is 5.85. The normalized spacial score (nSPS) is 13.0. The summed E-state index contributed by atoms with van der Waals surface area (Å²) in [4.78, 5) is 20.8. The number of fused-ring (bicyclic) bond motifs is 2. The number of amides is 1. The van der Waals surface area contributed by atoms with Crippen LogP contribution in [-0.2, 0) is 6.54 Å². The summed E-state index contributed by atoms with van der Waals surface area (Å²) < 4.78 is 12.6. The van der Waals surface area contributed by atoms with Crippen LogP contribution in [0.5, 0.6) is 11.5 Å². The van der Waals surface area contributed by atoms with E-state index in [0.717, 1.165) is 22.7 Å². The van der Waals surface area contributed by atoms with Gasteiger partial charge in [0.05, 0.1) is 0 Å². The van der Waals surface area contributed by atoms with Gasteiger partial charge in [0.15, 0.2) is 11.5 Å². The van der Waals surface area contributed by atoms with Crippen molar-refractivity contribution in [2.75, 3.05) is 13.2 Å². The fraction of sp³-hybridized carbons (Fsp3) is 0.294. The minimum Gasteiger partial charge on any atom is -0.486 e. The molecule has 0 spiro atoms. The Labute approximate surface area is 143 Å². The quantitative estimate of drug-likeness (QED) is 0.776. The summed E-state index contributed by atoms with van der Waals surface area (Å²) in [5, 5.41) is 7.04. The van der Waals surface area contributed by atoms with Gasteiger partial charge in [-0.3, -0.25) is 4.79 Å². The summed E-state index contributed by atoms with van der Waals surface area (Å²) >= 11 is 0. The smallest absolute Gasteiger partial charge is 0.291 e. The molecule has 1 amide bonds. The second-order valence-electron chi connectivity index (χ2n) is 5.85. The largest absolute Gasteiger partial charge is 0.486 e. The van der Waals surface area contributed by atoms with Gasteiger partial charge in [-0.1, -0.05) is 6.07 Å². The van der Waals surface area contributed by atoms with E-state index in [-0.39, 0.29) is 11.7 Å². The predicted octanol–water partition coefficient (Wildman–Crippen LogP) is 1.44. The number of carbonyl (C=O) groups excluding carboxylic acids is 1. The molecular weight excluding hydrogens is 322 g/mol. The Hall–Kier alpha value is -3.16. The molecule has 0 fully saturated rings. The average molecular weight is 339 g/mol. The Morgan fingerprint density at radius 3 is 2.80 bits per heavy atom. The van der Waals surface area contributed by atoms with Crippen molar-refractivity contribution in [3.63, 3.8) is 0 Å². The third-order valence-electron chi connectivity index (χ3n) is 3.88. The minimum atomic E-state index is -0.350. The topological polar surface area (TPSA) is 90.6 Å². The third-order valence-corrected chi connectivity index (χ3v) is 3.88. The molecule has 1 N–H and O–H groups in total. The molecular formula is C17H17N5O3. The Morgan fingerprint density at radius 2 is 1.96 bits per heavy atom. The molecule has 1 aromatic carbocycles. The van der Waals surface area contributed by atoms with E-state index in [1.807, 2.05) is 38.1 Å². The van der Waals surface area contributed by atoms with E-state index in [1.165, 1.54) is 0 Å². The van der Waals surface area contributed by atoms with E-state index in [0.29, 0.717) is 31.3 Å². The summed E-state index contributed by atoms with van der Waals surface area (Å²) in [6, 6.07) is 7.48. The first kappa shape index (κ1) is 15.4. The summed E-state index contributed by atoms with van der Waals surface area (Å²) in [6.45, 7) is 5.20. The van der Waals surface area contributed by atoms with Crippen LogP contribution in [-0.4, -0.2) is 38.7 Å². The standard InChI is InChI=1S/C17H17N5O3/c1-10-7-11(2)22-17(19-10)20-15(21-22)16(23)18-9-12-3-4-13-14(8-12)25-6-5-24-13/h3-4,7-8H,5-6,9H2,1-2H3,(H,18,23). The molecule has 25 heavy (non-hydrogen) atoms. The highest BCUT2D eigenvalue weighted by molar-refractivity contribution is 5.90. The number of hydrogen-bond donors (Lipinski definition) is 1. The number of nitrogens with one attached hydrogen (secondary N) is 1. The molecule has 3 aromatic rings. The number of carbonyl (C=O) groups is 1. The molecule has 0 saturated heterocycles. The van der Waals surface area contributed by atoms with Crippen molar-refractivity contribution in [1.82, 2.24) is 24.9 Å². The SMILES string of the molecule is Cc1cc(C)n2nc(C(=O)NCc3ccc4c(c3)OCCO4)nc2n1. The number of benzene rings is 1. The molecule has 3 heterocycles. The van der Waals surface area contributed by atoms with E-state index in [9.17, 15) is 4.79 Å². The first-order valence-corrected chi connectivity index (χ1v) is 7.98. The van der Waals surface area contributed by atoms with Gasteiger partial charge in [-0.2, -0.15) is 4.98 Å². The van der Waals surface area contributed by atoms with E-state index >= 15 is 0 Å². The van der Waals surface area contributed by atoms with Gasteiger partial charge in [-0.05, 0) is 37.6 Å². The molecule has 1 aliphatic rings. The molecule has 0 bridgehead atoms. The highest BCUT2D eigenvalue weighted by Gasteiger charge is 2.16. The third kappa shape index (κ3) is 2.98. The van der Waals surface area contributed by atoms with Gasteiger partial charge in [-0.15, -0.1) is 5.10 Å². The first-order valence-electron chi connectivity index (χ1n) is 7.98. The zero-order valence-corrected chi connectivity index (χ0v) is 13.9. The van der Waals surface area contributed by atoms with Gasteiger partial charge >= 0.3 is 0 Å². The lowest BCUT2D eigenvalue weighted by Gasteiger charge is -2.18. The molecule has 128 valence electrons. The van der Waals surface area contributed by atoms with Gasteiger partial charge in [-0.25, -0.2) is 9.50 Å². The highest BCUT2D eigenvalue weighted by Crippen LogP contribution is 2.30. The van der Waals surface area contributed by atoms with Gasteiger partial charge in [0.2, 0.25) is 5.82 Å². The van der Waals surface area contributed by atoms with Crippen LogP contribution in [0.15, 0.2) is 24.3 Å². The molecule has 0 radical (unpaired) electrons. The number of rotatable bonds is 3. The molecule has 1 aliphatic heterocycles. The summed E-state index contributed by atoms with van der Waals surface area (Å²) in [7, 11) is 0.